The van der Waals surface area contributed by atoms with E-state index in [0.717, 1.165) is 77.0 Å². The molecule has 0 aromatic heterocycles. The lowest BCUT2D eigenvalue weighted by Gasteiger charge is -2.54. The number of hydrogen-bond acceptors (Lipinski definition) is 6. The Hall–Kier alpha value is -2.89. The molecule has 0 aromatic rings. The van der Waals surface area contributed by atoms with Crippen molar-refractivity contribution in [3.05, 3.63) is 61.3 Å². The molecule has 6 heteroatoms. The van der Waals surface area contributed by atoms with Crippen molar-refractivity contribution in [3.63, 3.8) is 0 Å². The first-order valence-electron chi connectivity index (χ1n) is 20.3. The van der Waals surface area contributed by atoms with Gasteiger partial charge >= 0.3 is 17.9 Å². The van der Waals surface area contributed by atoms with Crippen LogP contribution in [0.1, 0.15) is 144 Å². The number of fused-ring (bicyclic) bond motifs is 3. The predicted octanol–water partition coefficient (Wildman–Crippen LogP) is 11.2. The highest BCUT2D eigenvalue weighted by Crippen LogP contribution is 2.57. The van der Waals surface area contributed by atoms with Crippen molar-refractivity contribution in [1.29, 1.82) is 0 Å². The maximum atomic E-state index is 12.7. The highest BCUT2D eigenvalue weighted by Gasteiger charge is 2.53. The Morgan fingerprint density at radius 3 is 2.27 bits per heavy atom. The Morgan fingerprint density at radius 1 is 0.922 bits per heavy atom. The molecule has 0 heterocycles. The molecule has 1 unspecified atom stereocenters. The van der Waals surface area contributed by atoms with Crippen LogP contribution in [-0.2, 0) is 28.6 Å². The molecule has 0 spiro atoms. The summed E-state index contributed by atoms with van der Waals surface area (Å²) in [6.45, 7) is 18.9. The van der Waals surface area contributed by atoms with Crippen LogP contribution >= 0.6 is 0 Å². The first-order valence-corrected chi connectivity index (χ1v) is 20.3. The number of unbranched alkanes of at least 4 members (excludes halogenated alkanes) is 2. The molecule has 0 aliphatic heterocycles. The summed E-state index contributed by atoms with van der Waals surface area (Å²) < 4.78 is 17.6. The van der Waals surface area contributed by atoms with Gasteiger partial charge in [-0.05, 0) is 125 Å². The second-order valence-electron chi connectivity index (χ2n) is 16.3. The summed E-state index contributed by atoms with van der Waals surface area (Å²) in [6.07, 6.45) is 29.3. The number of carbonyl (C=O) groups excluding carboxylic acids is 3. The van der Waals surface area contributed by atoms with Crippen molar-refractivity contribution in [1.82, 2.24) is 0 Å². The number of ether oxygens (including phenoxy) is 3. The molecule has 0 N–H and O–H groups in total. The third kappa shape index (κ3) is 13.9. The van der Waals surface area contributed by atoms with E-state index in [1.165, 1.54) is 31.8 Å². The van der Waals surface area contributed by atoms with Gasteiger partial charge in [-0.15, -0.1) is 0 Å². The number of hydrogen-bond donors (Lipinski definition) is 0. The van der Waals surface area contributed by atoms with Crippen LogP contribution in [0.2, 0.25) is 0 Å². The van der Waals surface area contributed by atoms with E-state index in [2.05, 4.69) is 46.9 Å². The fourth-order valence-corrected chi connectivity index (χ4v) is 9.39. The molecule has 0 bridgehead atoms. The molecule has 2 fully saturated rings. The van der Waals surface area contributed by atoms with E-state index in [0.29, 0.717) is 49.0 Å². The smallest absolute Gasteiger partial charge is 0.306 e. The van der Waals surface area contributed by atoms with Gasteiger partial charge in [0.15, 0.2) is 0 Å². The van der Waals surface area contributed by atoms with Crippen molar-refractivity contribution < 1.29 is 28.6 Å². The normalized spacial score (nSPS) is 29.3. The maximum Gasteiger partial charge on any atom is 0.306 e. The monoisotopic (exact) mass is 707 g/mol. The van der Waals surface area contributed by atoms with Crippen LogP contribution in [0.4, 0.5) is 0 Å². The third-order valence-electron chi connectivity index (χ3n) is 12.3. The van der Waals surface area contributed by atoms with Crippen LogP contribution in [-0.4, -0.2) is 36.7 Å². The SMILES string of the molecule is C=C/C=C/CCCC(=O)OC[C@@H](C)CCC[C@@H](C)[C@H]1CCCC2=C[C@H](OC(C)=O)C3C[C@@H](OC(=O)CCC/C=C/C=C)CC[C@]3(C)[C@H]2CC[C@@H]1C. The molecule has 0 saturated heterocycles. The van der Waals surface area contributed by atoms with Crippen LogP contribution in [0, 0.1) is 40.9 Å². The van der Waals surface area contributed by atoms with E-state index in [1.54, 1.807) is 12.2 Å². The first kappa shape index (κ1) is 42.5. The van der Waals surface area contributed by atoms with E-state index >= 15 is 0 Å². The van der Waals surface area contributed by atoms with Crippen molar-refractivity contribution in [3.8, 4) is 0 Å². The summed E-state index contributed by atoms with van der Waals surface area (Å²) in [5.41, 5.74) is 1.50. The van der Waals surface area contributed by atoms with Crippen molar-refractivity contribution in [2.45, 2.75) is 156 Å². The zero-order chi connectivity index (χ0) is 37.2. The van der Waals surface area contributed by atoms with Gasteiger partial charge in [-0.1, -0.05) is 95.7 Å². The quantitative estimate of drug-likeness (QED) is 0.0437. The van der Waals surface area contributed by atoms with E-state index in [4.69, 9.17) is 14.2 Å². The second-order valence-corrected chi connectivity index (χ2v) is 16.3. The van der Waals surface area contributed by atoms with Gasteiger partial charge in [-0.3, -0.25) is 14.4 Å². The lowest BCUT2D eigenvalue weighted by atomic mass is 9.53. The molecule has 286 valence electrons. The molecule has 0 amide bonds. The van der Waals surface area contributed by atoms with Gasteiger partial charge in [0, 0.05) is 25.7 Å². The zero-order valence-corrected chi connectivity index (χ0v) is 32.8. The van der Waals surface area contributed by atoms with E-state index < -0.39 is 0 Å². The van der Waals surface area contributed by atoms with E-state index in [9.17, 15) is 14.4 Å². The van der Waals surface area contributed by atoms with Crippen LogP contribution in [0.5, 0.6) is 0 Å². The maximum absolute atomic E-state index is 12.7. The molecule has 0 aromatic carbocycles. The zero-order valence-electron chi connectivity index (χ0n) is 32.8. The molecule has 3 rings (SSSR count). The summed E-state index contributed by atoms with van der Waals surface area (Å²) in [5.74, 6) is 2.50. The first-order chi connectivity index (χ1) is 24.5. The lowest BCUT2D eigenvalue weighted by molar-refractivity contribution is -0.165. The lowest BCUT2D eigenvalue weighted by Crippen LogP contribution is -2.51. The summed E-state index contributed by atoms with van der Waals surface area (Å²) in [6, 6.07) is 0. The van der Waals surface area contributed by atoms with Gasteiger partial charge in [-0.2, -0.15) is 0 Å². The molecular weight excluding hydrogens is 636 g/mol. The average Bonchev–Trinajstić information content (AvgIpc) is 3.16. The topological polar surface area (TPSA) is 78.9 Å². The minimum absolute atomic E-state index is 0.00983. The fraction of sp³-hybridized carbons (Fsp3) is 0.711. The van der Waals surface area contributed by atoms with Gasteiger partial charge in [0.2, 0.25) is 0 Å². The molecule has 3 aliphatic rings. The van der Waals surface area contributed by atoms with Gasteiger partial charge in [0.25, 0.3) is 0 Å². The molecular formula is C45H70O6. The van der Waals surface area contributed by atoms with Crippen LogP contribution in [0.25, 0.3) is 0 Å². The molecule has 0 radical (unpaired) electrons. The minimum Gasteiger partial charge on any atom is -0.465 e. The van der Waals surface area contributed by atoms with Crippen LogP contribution in [0.3, 0.4) is 0 Å². The van der Waals surface area contributed by atoms with Gasteiger partial charge in [0.05, 0.1) is 6.61 Å². The van der Waals surface area contributed by atoms with Crippen molar-refractivity contribution in [2.75, 3.05) is 6.61 Å². The van der Waals surface area contributed by atoms with Gasteiger partial charge in [0.1, 0.15) is 12.2 Å². The Balaban J connectivity index is 1.55. The fourth-order valence-electron chi connectivity index (χ4n) is 9.39. The second kappa shape index (κ2) is 22.2. The van der Waals surface area contributed by atoms with E-state index in [-0.39, 0.29) is 41.4 Å². The summed E-state index contributed by atoms with van der Waals surface area (Å²) in [4.78, 5) is 37.2. The van der Waals surface area contributed by atoms with Crippen LogP contribution < -0.4 is 0 Å². The largest absolute Gasteiger partial charge is 0.465 e. The number of esters is 3. The minimum atomic E-state index is -0.266. The number of carbonyl (C=O) groups is 3. The predicted molar refractivity (Wildman–Crippen MR) is 208 cm³/mol. The Morgan fingerprint density at radius 2 is 1.61 bits per heavy atom. The summed E-state index contributed by atoms with van der Waals surface area (Å²) in [5, 5.41) is 0. The molecule has 9 atom stereocenters. The highest BCUT2D eigenvalue weighted by molar-refractivity contribution is 5.69. The average molecular weight is 707 g/mol. The summed E-state index contributed by atoms with van der Waals surface area (Å²) >= 11 is 0. The number of rotatable bonds is 19. The van der Waals surface area contributed by atoms with E-state index in [1.807, 2.05) is 24.3 Å². The Labute approximate surface area is 310 Å². The summed E-state index contributed by atoms with van der Waals surface area (Å²) in [7, 11) is 0. The van der Waals surface area contributed by atoms with Crippen molar-refractivity contribution in [2.24, 2.45) is 40.9 Å². The number of allylic oxidation sites excluding steroid dienone is 7. The van der Waals surface area contributed by atoms with Gasteiger partial charge < -0.3 is 14.2 Å². The Kier molecular flexibility index (Phi) is 18.5. The Bertz CT molecular complexity index is 1210. The molecule has 51 heavy (non-hydrogen) atoms. The van der Waals surface area contributed by atoms with Gasteiger partial charge in [-0.25, -0.2) is 0 Å². The van der Waals surface area contributed by atoms with Crippen LogP contribution in [0.15, 0.2) is 61.3 Å². The molecule has 6 nitrogen and oxygen atoms in total. The van der Waals surface area contributed by atoms with Crippen molar-refractivity contribution >= 4 is 17.9 Å². The molecule has 3 aliphatic carbocycles. The molecule has 2 saturated carbocycles. The third-order valence-corrected chi connectivity index (χ3v) is 12.3. The standard InChI is InChI=1S/C45H70O6/c1-8-10-12-14-16-24-43(47)49-32-33(3)20-18-21-34(4)39-23-19-22-37-30-42(50-36(6)46)41-31-38(51-44(48)25-17-15-13-11-9-2)28-29-45(41,7)40(37)27-26-35(39)5/h8-13,30,33-35,38-42H,1-2,14-29,31-32H2,3-7H3/b12-10+,13-11+/t33-,34+,35-,38-,39+,40-,41?,42-,45+/m0/s1. The highest BCUT2D eigenvalue weighted by atomic mass is 16.6.